The Kier molecular flexibility index (Phi) is 2.17. The van der Waals surface area contributed by atoms with Crippen LogP contribution in [0.5, 0.6) is 0 Å². The van der Waals surface area contributed by atoms with E-state index in [0.717, 1.165) is 0 Å². The van der Waals surface area contributed by atoms with Gasteiger partial charge in [-0.1, -0.05) is 23.8 Å². The molecule has 0 aromatic carbocycles. The molecule has 0 aliphatic heterocycles. The maximum absolute atomic E-state index is 10.3. The number of aldehydes is 1. The maximum atomic E-state index is 10.3. The van der Waals surface area contributed by atoms with Gasteiger partial charge in [0, 0.05) is 5.03 Å². The topological polar surface area (TPSA) is 17.1 Å². The van der Waals surface area contributed by atoms with Gasteiger partial charge in [-0.2, -0.15) is 0 Å². The van der Waals surface area contributed by atoms with Gasteiger partial charge < -0.3 is 4.79 Å². The highest BCUT2D eigenvalue weighted by Gasteiger charge is 2.23. The number of carbonyl (C=O) groups is 1. The highest BCUT2D eigenvalue weighted by molar-refractivity contribution is 6.35. The Morgan fingerprint density at radius 2 is 2.40 bits per heavy atom. The van der Waals surface area contributed by atoms with Crippen molar-refractivity contribution >= 4 is 29.5 Å². The Morgan fingerprint density at radius 3 is 2.80 bits per heavy atom. The minimum atomic E-state index is -0.849. The van der Waals surface area contributed by atoms with Crippen LogP contribution in [0.3, 0.4) is 0 Å². The van der Waals surface area contributed by atoms with Crippen LogP contribution in [0.15, 0.2) is 23.3 Å². The van der Waals surface area contributed by atoms with E-state index in [9.17, 15) is 4.79 Å². The molecule has 1 nitrogen and oxygen atoms in total. The number of allylic oxidation sites excluding steroid dienone is 4. The molecule has 1 atom stereocenters. The molecule has 0 fully saturated rings. The van der Waals surface area contributed by atoms with E-state index in [4.69, 9.17) is 23.2 Å². The molecule has 54 valence electrons. The molecular weight excluding hydrogens is 171 g/mol. The van der Waals surface area contributed by atoms with Gasteiger partial charge in [-0.05, 0) is 12.5 Å². The fourth-order valence-corrected chi connectivity index (χ4v) is 0.976. The largest absolute Gasteiger partial charge is 0.301 e. The van der Waals surface area contributed by atoms with Gasteiger partial charge in [0.15, 0.2) is 0 Å². The van der Waals surface area contributed by atoms with Crippen molar-refractivity contribution in [1.82, 2.24) is 0 Å². The molecule has 0 saturated carbocycles. The zero-order valence-electron chi connectivity index (χ0n) is 5.18. The van der Waals surface area contributed by atoms with Crippen LogP contribution in [0.25, 0.3) is 0 Å². The van der Waals surface area contributed by atoms with Crippen LogP contribution in [0.1, 0.15) is 6.42 Å². The number of rotatable bonds is 1. The fourth-order valence-electron chi connectivity index (χ4n) is 0.696. The van der Waals surface area contributed by atoms with Gasteiger partial charge in [0.2, 0.25) is 0 Å². The molecule has 0 amide bonds. The molecule has 0 bridgehead atoms. The van der Waals surface area contributed by atoms with Crippen LogP contribution < -0.4 is 0 Å². The van der Waals surface area contributed by atoms with Crippen molar-refractivity contribution in [1.29, 1.82) is 0 Å². The second-order valence-corrected chi connectivity index (χ2v) is 3.31. The molecule has 0 heterocycles. The van der Waals surface area contributed by atoms with E-state index in [1.54, 1.807) is 18.2 Å². The summed E-state index contributed by atoms with van der Waals surface area (Å²) in [5.41, 5.74) is 0. The zero-order chi connectivity index (χ0) is 7.61. The van der Waals surface area contributed by atoms with E-state index in [0.29, 0.717) is 17.7 Å². The standard InChI is InChI=1S/C7H6Cl2O/c8-6-1-3-7(9,5-10)4-2-6/h1-3,5H,4H2. The summed E-state index contributed by atoms with van der Waals surface area (Å²) in [6.45, 7) is 0. The van der Waals surface area contributed by atoms with Crippen molar-refractivity contribution in [3.63, 3.8) is 0 Å². The first kappa shape index (κ1) is 7.83. The van der Waals surface area contributed by atoms with Crippen LogP contribution in [0.4, 0.5) is 0 Å². The number of halogens is 2. The van der Waals surface area contributed by atoms with Gasteiger partial charge in [-0.25, -0.2) is 0 Å². The predicted molar refractivity (Wildman–Crippen MR) is 42.3 cm³/mol. The Hall–Kier alpha value is -0.270. The third-order valence-electron chi connectivity index (χ3n) is 1.33. The van der Waals surface area contributed by atoms with Gasteiger partial charge in [-0.3, -0.25) is 0 Å². The summed E-state index contributed by atoms with van der Waals surface area (Å²) in [5.74, 6) is 0. The van der Waals surface area contributed by atoms with Gasteiger partial charge in [0.1, 0.15) is 11.2 Å². The van der Waals surface area contributed by atoms with E-state index in [1.807, 2.05) is 0 Å². The van der Waals surface area contributed by atoms with Gasteiger partial charge in [-0.15, -0.1) is 11.6 Å². The minimum Gasteiger partial charge on any atom is -0.301 e. The van der Waals surface area contributed by atoms with Crippen LogP contribution in [0, 0.1) is 0 Å². The van der Waals surface area contributed by atoms with Crippen LogP contribution in [0.2, 0.25) is 0 Å². The number of alkyl halides is 1. The molecule has 0 spiro atoms. The molecule has 3 heteroatoms. The van der Waals surface area contributed by atoms with Gasteiger partial charge >= 0.3 is 0 Å². The smallest absolute Gasteiger partial charge is 0.145 e. The number of hydrogen-bond acceptors (Lipinski definition) is 1. The lowest BCUT2D eigenvalue weighted by molar-refractivity contribution is -0.109. The summed E-state index contributed by atoms with van der Waals surface area (Å²) in [5, 5.41) is 0.637. The van der Waals surface area contributed by atoms with Gasteiger partial charge in [0.05, 0.1) is 0 Å². The van der Waals surface area contributed by atoms with Crippen LogP contribution >= 0.6 is 23.2 Å². The first-order chi connectivity index (χ1) is 4.66. The first-order valence-electron chi connectivity index (χ1n) is 2.86. The summed E-state index contributed by atoms with van der Waals surface area (Å²) in [7, 11) is 0. The maximum Gasteiger partial charge on any atom is 0.145 e. The second kappa shape index (κ2) is 2.77. The molecule has 0 aromatic heterocycles. The molecule has 0 N–H and O–H groups in total. The van der Waals surface area contributed by atoms with Crippen LogP contribution in [-0.4, -0.2) is 11.2 Å². The van der Waals surface area contributed by atoms with Crippen molar-refractivity contribution in [2.24, 2.45) is 0 Å². The Bertz CT molecular complexity index is 208. The quantitative estimate of drug-likeness (QED) is 0.443. The minimum absolute atomic E-state index is 0.480. The number of carbonyl (C=O) groups excluding carboxylic acids is 1. The Balaban J connectivity index is 2.76. The summed E-state index contributed by atoms with van der Waals surface area (Å²) in [6, 6.07) is 0. The predicted octanol–water partition coefficient (Wildman–Crippen LogP) is 2.25. The zero-order valence-corrected chi connectivity index (χ0v) is 6.69. The summed E-state index contributed by atoms with van der Waals surface area (Å²) < 4.78 is 0. The van der Waals surface area contributed by atoms with Crippen molar-refractivity contribution in [2.75, 3.05) is 0 Å². The normalized spacial score (nSPS) is 31.6. The third-order valence-corrected chi connectivity index (χ3v) is 1.98. The molecule has 0 radical (unpaired) electrons. The Morgan fingerprint density at radius 1 is 1.70 bits per heavy atom. The van der Waals surface area contributed by atoms with Crippen molar-refractivity contribution in [2.45, 2.75) is 11.3 Å². The van der Waals surface area contributed by atoms with Crippen molar-refractivity contribution < 1.29 is 4.79 Å². The number of hydrogen-bond donors (Lipinski definition) is 0. The summed E-state index contributed by atoms with van der Waals surface area (Å²) >= 11 is 11.4. The fraction of sp³-hybridized carbons (Fsp3) is 0.286. The average Bonchev–Trinajstić information content (AvgIpc) is 1.96. The lowest BCUT2D eigenvalue weighted by atomic mass is 10.0. The monoisotopic (exact) mass is 176 g/mol. The second-order valence-electron chi connectivity index (χ2n) is 2.17. The highest BCUT2D eigenvalue weighted by Crippen LogP contribution is 2.26. The average molecular weight is 177 g/mol. The molecule has 0 aromatic rings. The van der Waals surface area contributed by atoms with Gasteiger partial charge in [0.25, 0.3) is 0 Å². The van der Waals surface area contributed by atoms with E-state index >= 15 is 0 Å². The lowest BCUT2D eigenvalue weighted by Gasteiger charge is -2.16. The molecule has 0 saturated heterocycles. The molecule has 1 aliphatic rings. The highest BCUT2D eigenvalue weighted by atomic mass is 35.5. The van der Waals surface area contributed by atoms with Crippen LogP contribution in [-0.2, 0) is 4.79 Å². The Labute approximate surface area is 69.3 Å². The summed E-state index contributed by atoms with van der Waals surface area (Å²) in [6.07, 6.45) is 6.15. The molecule has 10 heavy (non-hydrogen) atoms. The van der Waals surface area contributed by atoms with Crippen molar-refractivity contribution in [3.8, 4) is 0 Å². The molecular formula is C7H6Cl2O. The van der Waals surface area contributed by atoms with E-state index < -0.39 is 4.87 Å². The van der Waals surface area contributed by atoms with Crippen molar-refractivity contribution in [3.05, 3.63) is 23.3 Å². The lowest BCUT2D eigenvalue weighted by Crippen LogP contribution is -2.20. The van der Waals surface area contributed by atoms with E-state index in [-0.39, 0.29) is 0 Å². The first-order valence-corrected chi connectivity index (χ1v) is 3.62. The summed E-state index contributed by atoms with van der Waals surface area (Å²) in [4.78, 5) is 9.48. The molecule has 1 aliphatic carbocycles. The van der Waals surface area contributed by atoms with E-state index in [1.165, 1.54) is 0 Å². The molecule has 1 unspecified atom stereocenters. The third kappa shape index (κ3) is 1.61. The van der Waals surface area contributed by atoms with E-state index in [2.05, 4.69) is 0 Å². The molecule has 1 rings (SSSR count). The SMILES string of the molecule is O=CC1(Cl)C=CC(Cl)=CC1.